The standard InChI is InChI=1S/C19H30N2O3/c1-6-8-14(7-2)9-20-10-15-12-21(13-16(11-20)17(15)22)18(23)24-19(3,4)5/h6-8,15-16H,9-13H2,1-5H3. The van der Waals surface area contributed by atoms with Crippen molar-refractivity contribution in [3.05, 3.63) is 23.8 Å². The summed E-state index contributed by atoms with van der Waals surface area (Å²) in [6.07, 6.45) is 5.95. The van der Waals surface area contributed by atoms with Crippen LogP contribution in [0.25, 0.3) is 0 Å². The molecule has 0 radical (unpaired) electrons. The Kier molecular flexibility index (Phi) is 5.86. The van der Waals surface area contributed by atoms with Gasteiger partial charge in [-0.2, -0.15) is 0 Å². The van der Waals surface area contributed by atoms with Gasteiger partial charge in [0.1, 0.15) is 11.4 Å². The highest BCUT2D eigenvalue weighted by Crippen LogP contribution is 2.27. The third kappa shape index (κ3) is 4.69. The van der Waals surface area contributed by atoms with Crippen LogP contribution in [0, 0.1) is 11.8 Å². The van der Waals surface area contributed by atoms with Gasteiger partial charge in [-0.05, 0) is 40.2 Å². The van der Waals surface area contributed by atoms with Gasteiger partial charge in [-0.15, -0.1) is 0 Å². The fraction of sp³-hybridized carbons (Fsp3) is 0.684. The maximum atomic E-state index is 12.5. The minimum atomic E-state index is -0.507. The normalized spacial score (nSPS) is 26.1. The lowest BCUT2D eigenvalue weighted by molar-refractivity contribution is -0.136. The number of Topliss-reactive ketones (excluding diaryl/α,β-unsaturated/α-hetero) is 1. The lowest BCUT2D eigenvalue weighted by Gasteiger charge is -2.44. The molecule has 0 aliphatic carbocycles. The molecule has 2 aliphatic heterocycles. The smallest absolute Gasteiger partial charge is 0.410 e. The van der Waals surface area contributed by atoms with E-state index in [-0.39, 0.29) is 17.9 Å². The summed E-state index contributed by atoms with van der Waals surface area (Å²) in [5.41, 5.74) is 0.751. The van der Waals surface area contributed by atoms with Crippen LogP contribution in [0.5, 0.6) is 0 Å². The average Bonchev–Trinajstić information content (AvgIpc) is 2.45. The van der Waals surface area contributed by atoms with Gasteiger partial charge in [0.15, 0.2) is 0 Å². The van der Waals surface area contributed by atoms with Crippen molar-refractivity contribution in [3.8, 4) is 0 Å². The van der Waals surface area contributed by atoms with Crippen LogP contribution in [0.3, 0.4) is 0 Å². The van der Waals surface area contributed by atoms with E-state index in [9.17, 15) is 9.59 Å². The van der Waals surface area contributed by atoms with Gasteiger partial charge < -0.3 is 9.64 Å². The number of amides is 1. The highest BCUT2D eigenvalue weighted by molar-refractivity contribution is 5.87. The molecule has 2 unspecified atom stereocenters. The van der Waals surface area contributed by atoms with E-state index in [4.69, 9.17) is 4.74 Å². The first-order valence-electron chi connectivity index (χ1n) is 8.75. The highest BCUT2D eigenvalue weighted by Gasteiger charge is 2.43. The number of hydrogen-bond donors (Lipinski definition) is 0. The molecule has 2 saturated heterocycles. The number of ketones is 1. The van der Waals surface area contributed by atoms with Crippen molar-refractivity contribution in [2.24, 2.45) is 11.8 Å². The molecule has 5 nitrogen and oxygen atoms in total. The summed E-state index contributed by atoms with van der Waals surface area (Å²) < 4.78 is 5.46. The highest BCUT2D eigenvalue weighted by atomic mass is 16.6. The fourth-order valence-corrected chi connectivity index (χ4v) is 3.43. The molecule has 2 bridgehead atoms. The summed E-state index contributed by atoms with van der Waals surface area (Å²) in [4.78, 5) is 28.8. The monoisotopic (exact) mass is 334 g/mol. The Hall–Kier alpha value is -1.62. The predicted molar refractivity (Wildman–Crippen MR) is 94.8 cm³/mol. The zero-order valence-electron chi connectivity index (χ0n) is 15.5. The molecule has 0 aromatic heterocycles. The molecule has 134 valence electrons. The van der Waals surface area contributed by atoms with E-state index in [1.54, 1.807) is 4.90 Å². The van der Waals surface area contributed by atoms with Gasteiger partial charge in [0.2, 0.25) is 0 Å². The number of hydrogen-bond acceptors (Lipinski definition) is 4. The van der Waals surface area contributed by atoms with Crippen LogP contribution in [0.2, 0.25) is 0 Å². The van der Waals surface area contributed by atoms with Crippen molar-refractivity contribution in [3.63, 3.8) is 0 Å². The molecule has 5 heteroatoms. The largest absolute Gasteiger partial charge is 0.444 e. The lowest BCUT2D eigenvalue weighted by atomic mass is 9.83. The van der Waals surface area contributed by atoms with Crippen molar-refractivity contribution in [2.45, 2.75) is 40.2 Å². The Labute approximate surface area is 145 Å². The third-order valence-corrected chi connectivity index (χ3v) is 4.45. The maximum Gasteiger partial charge on any atom is 0.410 e. The molecule has 0 aromatic rings. The van der Waals surface area contributed by atoms with Gasteiger partial charge >= 0.3 is 6.09 Å². The predicted octanol–water partition coefficient (Wildman–Crippen LogP) is 2.88. The van der Waals surface area contributed by atoms with E-state index < -0.39 is 5.60 Å². The number of fused-ring (bicyclic) bond motifs is 2. The maximum absolute atomic E-state index is 12.5. The number of carbonyl (C=O) groups excluding carboxylic acids is 2. The molecule has 2 fully saturated rings. The Morgan fingerprint density at radius 2 is 1.75 bits per heavy atom. The van der Waals surface area contributed by atoms with Gasteiger partial charge in [-0.25, -0.2) is 4.79 Å². The lowest BCUT2D eigenvalue weighted by Crippen LogP contribution is -2.59. The minimum Gasteiger partial charge on any atom is -0.444 e. The van der Waals surface area contributed by atoms with Crippen molar-refractivity contribution >= 4 is 11.9 Å². The zero-order chi connectivity index (χ0) is 17.9. The Bertz CT molecular complexity index is 527. The second-order valence-electron chi connectivity index (χ2n) is 7.74. The van der Waals surface area contributed by atoms with Crippen LogP contribution in [-0.4, -0.2) is 60.0 Å². The van der Waals surface area contributed by atoms with Crippen molar-refractivity contribution < 1.29 is 14.3 Å². The quantitative estimate of drug-likeness (QED) is 0.745. The molecular formula is C19H30N2O3. The van der Waals surface area contributed by atoms with Crippen LogP contribution in [0.15, 0.2) is 23.8 Å². The zero-order valence-corrected chi connectivity index (χ0v) is 15.5. The van der Waals surface area contributed by atoms with E-state index in [1.165, 1.54) is 5.57 Å². The molecule has 1 amide bonds. The van der Waals surface area contributed by atoms with Crippen molar-refractivity contribution in [1.82, 2.24) is 9.80 Å². The second kappa shape index (κ2) is 7.51. The van der Waals surface area contributed by atoms with Gasteiger partial charge in [-0.3, -0.25) is 9.69 Å². The SMILES string of the molecule is CC=CC(=CC)CN1CC2CN(C(=O)OC(C)(C)C)CC(C1)C2=O. The van der Waals surface area contributed by atoms with E-state index in [0.717, 1.165) is 6.54 Å². The second-order valence-corrected chi connectivity index (χ2v) is 7.74. The van der Waals surface area contributed by atoms with Crippen molar-refractivity contribution in [2.75, 3.05) is 32.7 Å². The first-order chi connectivity index (χ1) is 11.2. The molecule has 2 aliphatic rings. The number of carbonyl (C=O) groups is 2. The number of likely N-dealkylation sites (tertiary alicyclic amines) is 2. The first-order valence-corrected chi connectivity index (χ1v) is 8.75. The summed E-state index contributed by atoms with van der Waals surface area (Å²) in [5.74, 6) is 0.0987. The van der Waals surface area contributed by atoms with Crippen molar-refractivity contribution in [1.29, 1.82) is 0 Å². The van der Waals surface area contributed by atoms with Gasteiger partial charge in [-0.1, -0.05) is 18.2 Å². The van der Waals surface area contributed by atoms with E-state index in [1.807, 2.05) is 40.7 Å². The minimum absolute atomic E-state index is 0.103. The summed E-state index contributed by atoms with van der Waals surface area (Å²) in [5, 5.41) is 0. The average molecular weight is 334 g/mol. The molecule has 0 aromatic carbocycles. The summed E-state index contributed by atoms with van der Waals surface area (Å²) >= 11 is 0. The van der Waals surface area contributed by atoms with Crippen LogP contribution >= 0.6 is 0 Å². The molecule has 0 N–H and O–H groups in total. The van der Waals surface area contributed by atoms with Crippen LogP contribution in [-0.2, 0) is 9.53 Å². The van der Waals surface area contributed by atoms with E-state index in [0.29, 0.717) is 32.0 Å². The van der Waals surface area contributed by atoms with Gasteiger partial charge in [0.25, 0.3) is 0 Å². The molecule has 24 heavy (non-hydrogen) atoms. The summed E-state index contributed by atoms with van der Waals surface area (Å²) in [7, 11) is 0. The van der Waals surface area contributed by atoms with Gasteiger partial charge in [0, 0.05) is 44.6 Å². The first kappa shape index (κ1) is 18.7. The topological polar surface area (TPSA) is 49.9 Å². The van der Waals surface area contributed by atoms with Crippen LogP contribution < -0.4 is 0 Å². The molecule has 2 atom stereocenters. The number of nitrogens with zero attached hydrogens (tertiary/aromatic N) is 2. The number of ether oxygens (including phenoxy) is 1. The molecular weight excluding hydrogens is 304 g/mol. The molecule has 0 saturated carbocycles. The Morgan fingerprint density at radius 3 is 2.21 bits per heavy atom. The Balaban J connectivity index is 2.00. The molecule has 0 spiro atoms. The third-order valence-electron chi connectivity index (χ3n) is 4.45. The van der Waals surface area contributed by atoms with Crippen LogP contribution in [0.1, 0.15) is 34.6 Å². The number of piperidine rings is 2. The van der Waals surface area contributed by atoms with Gasteiger partial charge in [0.05, 0.1) is 0 Å². The summed E-state index contributed by atoms with van der Waals surface area (Å²) in [6.45, 7) is 12.9. The number of rotatable bonds is 3. The summed E-state index contributed by atoms with van der Waals surface area (Å²) in [6, 6.07) is 0. The van der Waals surface area contributed by atoms with Crippen LogP contribution in [0.4, 0.5) is 4.79 Å². The molecule has 2 rings (SSSR count). The van der Waals surface area contributed by atoms with E-state index in [2.05, 4.69) is 17.1 Å². The number of allylic oxidation sites excluding steroid dienone is 2. The Morgan fingerprint density at radius 1 is 1.17 bits per heavy atom. The fourth-order valence-electron chi connectivity index (χ4n) is 3.43. The molecule has 2 heterocycles. The van der Waals surface area contributed by atoms with E-state index >= 15 is 0 Å².